The highest BCUT2D eigenvalue weighted by molar-refractivity contribution is 5.82. The molecule has 2 heterocycles. The van der Waals surface area contributed by atoms with Crippen molar-refractivity contribution in [3.05, 3.63) is 29.8 Å². The van der Waals surface area contributed by atoms with E-state index in [2.05, 4.69) is 29.3 Å². The first-order chi connectivity index (χ1) is 10.2. The van der Waals surface area contributed by atoms with Crippen molar-refractivity contribution in [3.8, 4) is 5.75 Å². The molecule has 0 unspecified atom stereocenters. The standard InChI is InChI=1S/C17H24N2O2/c1-12-10-14(13-5-7-15(21-2)8-6-13)11-19(12)17(20)16-4-3-9-18-16/h5-8,12,14,16,18H,3-4,9-11H2,1-2H3/t12-,14+,16+/m1/s1. The molecule has 0 aliphatic carbocycles. The van der Waals surface area contributed by atoms with Gasteiger partial charge in [0.25, 0.3) is 0 Å². The molecule has 0 aromatic heterocycles. The van der Waals surface area contributed by atoms with E-state index < -0.39 is 0 Å². The fourth-order valence-electron chi connectivity index (χ4n) is 3.55. The Morgan fingerprint density at radius 2 is 2.10 bits per heavy atom. The number of nitrogens with one attached hydrogen (secondary N) is 1. The van der Waals surface area contributed by atoms with E-state index in [1.165, 1.54) is 5.56 Å². The molecule has 1 aromatic carbocycles. The zero-order valence-corrected chi connectivity index (χ0v) is 12.8. The summed E-state index contributed by atoms with van der Waals surface area (Å²) in [5, 5.41) is 3.32. The van der Waals surface area contributed by atoms with E-state index in [-0.39, 0.29) is 11.9 Å². The zero-order valence-electron chi connectivity index (χ0n) is 12.8. The van der Waals surface area contributed by atoms with Crippen molar-refractivity contribution in [1.82, 2.24) is 10.2 Å². The van der Waals surface area contributed by atoms with Crippen molar-refractivity contribution in [2.24, 2.45) is 0 Å². The maximum absolute atomic E-state index is 12.6. The van der Waals surface area contributed by atoms with Crippen LogP contribution in [0.1, 0.15) is 37.7 Å². The van der Waals surface area contributed by atoms with E-state index in [0.717, 1.165) is 38.1 Å². The van der Waals surface area contributed by atoms with Crippen LogP contribution < -0.4 is 10.1 Å². The average Bonchev–Trinajstić information content (AvgIpc) is 3.16. The van der Waals surface area contributed by atoms with E-state index in [1.807, 2.05) is 12.1 Å². The van der Waals surface area contributed by atoms with E-state index in [4.69, 9.17) is 4.74 Å². The number of nitrogens with zero attached hydrogens (tertiary/aromatic N) is 1. The molecule has 0 saturated carbocycles. The first-order valence-corrected chi connectivity index (χ1v) is 7.87. The van der Waals surface area contributed by atoms with Crippen molar-refractivity contribution in [1.29, 1.82) is 0 Å². The van der Waals surface area contributed by atoms with Gasteiger partial charge in [-0.1, -0.05) is 12.1 Å². The Kier molecular flexibility index (Phi) is 4.15. The van der Waals surface area contributed by atoms with Crippen LogP contribution in [0.3, 0.4) is 0 Å². The Morgan fingerprint density at radius 3 is 2.71 bits per heavy atom. The van der Waals surface area contributed by atoms with Crippen molar-refractivity contribution in [3.63, 3.8) is 0 Å². The molecule has 1 N–H and O–H groups in total. The highest BCUT2D eigenvalue weighted by Gasteiger charge is 2.36. The van der Waals surface area contributed by atoms with Gasteiger partial charge in [0, 0.05) is 18.5 Å². The summed E-state index contributed by atoms with van der Waals surface area (Å²) < 4.78 is 5.21. The smallest absolute Gasteiger partial charge is 0.239 e. The molecule has 2 saturated heterocycles. The van der Waals surface area contributed by atoms with Gasteiger partial charge in [-0.05, 0) is 50.4 Å². The summed E-state index contributed by atoms with van der Waals surface area (Å²) in [6.45, 7) is 3.97. The molecule has 0 spiro atoms. The number of ether oxygens (including phenoxy) is 1. The minimum Gasteiger partial charge on any atom is -0.497 e. The van der Waals surface area contributed by atoms with E-state index in [0.29, 0.717) is 12.0 Å². The Hall–Kier alpha value is -1.55. The van der Waals surface area contributed by atoms with E-state index in [1.54, 1.807) is 7.11 Å². The topological polar surface area (TPSA) is 41.6 Å². The minimum absolute atomic E-state index is 0.0436. The zero-order chi connectivity index (χ0) is 14.8. The van der Waals surface area contributed by atoms with Crippen LogP contribution in [0.25, 0.3) is 0 Å². The number of carbonyl (C=O) groups excluding carboxylic acids is 1. The van der Waals surface area contributed by atoms with Crippen molar-refractivity contribution in [2.45, 2.75) is 44.2 Å². The third-order valence-electron chi connectivity index (χ3n) is 4.80. The predicted molar refractivity (Wildman–Crippen MR) is 82.6 cm³/mol. The van der Waals surface area contributed by atoms with Gasteiger partial charge in [0.1, 0.15) is 5.75 Å². The Morgan fingerprint density at radius 1 is 1.33 bits per heavy atom. The SMILES string of the molecule is COc1ccc([C@H]2C[C@@H](C)N(C(=O)[C@@H]3CCCN3)C2)cc1. The van der Waals surface area contributed by atoms with Gasteiger partial charge in [-0.15, -0.1) is 0 Å². The third kappa shape index (κ3) is 2.91. The summed E-state index contributed by atoms with van der Waals surface area (Å²) in [6.07, 6.45) is 3.14. The van der Waals surface area contributed by atoms with Crippen LogP contribution in [-0.4, -0.2) is 43.1 Å². The van der Waals surface area contributed by atoms with Gasteiger partial charge in [-0.25, -0.2) is 0 Å². The molecule has 3 rings (SSSR count). The molecule has 114 valence electrons. The number of benzene rings is 1. The monoisotopic (exact) mass is 288 g/mol. The summed E-state index contributed by atoms with van der Waals surface area (Å²) in [4.78, 5) is 14.6. The number of methoxy groups -OCH3 is 1. The number of amides is 1. The van der Waals surface area contributed by atoms with Gasteiger partial charge in [-0.3, -0.25) is 4.79 Å². The lowest BCUT2D eigenvalue weighted by molar-refractivity contribution is -0.133. The molecular formula is C17H24N2O2. The Bertz CT molecular complexity index is 494. The van der Waals surface area contributed by atoms with Gasteiger partial charge >= 0.3 is 0 Å². The number of hydrogen-bond acceptors (Lipinski definition) is 3. The second kappa shape index (κ2) is 6.06. The predicted octanol–water partition coefficient (Wildman–Crippen LogP) is 2.15. The molecule has 3 atom stereocenters. The van der Waals surface area contributed by atoms with Crippen LogP contribution in [-0.2, 0) is 4.79 Å². The van der Waals surface area contributed by atoms with Gasteiger partial charge in [0.05, 0.1) is 13.2 Å². The van der Waals surface area contributed by atoms with Crippen molar-refractivity contribution >= 4 is 5.91 Å². The molecule has 4 heteroatoms. The van der Waals surface area contributed by atoms with Crippen LogP contribution in [0, 0.1) is 0 Å². The minimum atomic E-state index is 0.0436. The molecular weight excluding hydrogens is 264 g/mol. The number of hydrogen-bond donors (Lipinski definition) is 1. The second-order valence-corrected chi connectivity index (χ2v) is 6.19. The third-order valence-corrected chi connectivity index (χ3v) is 4.80. The van der Waals surface area contributed by atoms with Crippen molar-refractivity contribution < 1.29 is 9.53 Å². The largest absolute Gasteiger partial charge is 0.497 e. The lowest BCUT2D eigenvalue weighted by Crippen LogP contribution is -2.45. The summed E-state index contributed by atoms with van der Waals surface area (Å²) in [6, 6.07) is 8.62. The highest BCUT2D eigenvalue weighted by atomic mass is 16.5. The lowest BCUT2D eigenvalue weighted by Gasteiger charge is -2.25. The number of rotatable bonds is 3. The summed E-state index contributed by atoms with van der Waals surface area (Å²) in [7, 11) is 1.68. The molecule has 2 aliphatic rings. The maximum atomic E-state index is 12.6. The normalized spacial score (nSPS) is 28.9. The van der Waals surface area contributed by atoms with Crippen LogP contribution in [0.4, 0.5) is 0 Å². The Balaban J connectivity index is 1.68. The van der Waals surface area contributed by atoms with Gasteiger partial charge in [-0.2, -0.15) is 0 Å². The first kappa shape index (κ1) is 14.4. The fraction of sp³-hybridized carbons (Fsp3) is 0.588. The fourth-order valence-corrected chi connectivity index (χ4v) is 3.55. The molecule has 1 aromatic rings. The van der Waals surface area contributed by atoms with Gasteiger partial charge in [0.15, 0.2) is 0 Å². The number of carbonyl (C=O) groups is 1. The molecule has 0 bridgehead atoms. The number of likely N-dealkylation sites (tertiary alicyclic amines) is 1. The lowest BCUT2D eigenvalue weighted by atomic mass is 9.97. The molecule has 4 nitrogen and oxygen atoms in total. The van der Waals surface area contributed by atoms with Gasteiger partial charge < -0.3 is 15.0 Å². The second-order valence-electron chi connectivity index (χ2n) is 6.19. The van der Waals surface area contributed by atoms with Crippen molar-refractivity contribution in [2.75, 3.05) is 20.2 Å². The molecule has 0 radical (unpaired) electrons. The van der Waals surface area contributed by atoms with Crippen LogP contribution in [0.15, 0.2) is 24.3 Å². The van der Waals surface area contributed by atoms with E-state index in [9.17, 15) is 4.79 Å². The summed E-state index contributed by atoms with van der Waals surface area (Å²) in [5.41, 5.74) is 1.30. The summed E-state index contributed by atoms with van der Waals surface area (Å²) >= 11 is 0. The van der Waals surface area contributed by atoms with Crippen LogP contribution >= 0.6 is 0 Å². The van der Waals surface area contributed by atoms with Crippen LogP contribution in [0.2, 0.25) is 0 Å². The average molecular weight is 288 g/mol. The molecule has 2 fully saturated rings. The van der Waals surface area contributed by atoms with Gasteiger partial charge in [0.2, 0.25) is 5.91 Å². The molecule has 21 heavy (non-hydrogen) atoms. The molecule has 2 aliphatic heterocycles. The molecule has 1 amide bonds. The summed E-state index contributed by atoms with van der Waals surface area (Å²) in [5.74, 6) is 1.61. The first-order valence-electron chi connectivity index (χ1n) is 7.87. The Labute approximate surface area is 126 Å². The highest BCUT2D eigenvalue weighted by Crippen LogP contribution is 2.33. The quantitative estimate of drug-likeness (QED) is 0.926. The van der Waals surface area contributed by atoms with Crippen LogP contribution in [0.5, 0.6) is 5.75 Å². The maximum Gasteiger partial charge on any atom is 0.239 e. The van der Waals surface area contributed by atoms with E-state index >= 15 is 0 Å².